The van der Waals surface area contributed by atoms with E-state index in [1.165, 1.54) is 12.8 Å². The van der Waals surface area contributed by atoms with Crippen molar-refractivity contribution in [3.63, 3.8) is 0 Å². The Bertz CT molecular complexity index is 537. The first-order valence-electron chi connectivity index (χ1n) is 6.66. The van der Waals surface area contributed by atoms with Crippen molar-refractivity contribution >= 4 is 11.6 Å². The molecule has 1 aromatic carbocycles. The number of anilines is 1. The molecule has 1 fully saturated rings. The molecule has 92 valence electrons. The minimum Gasteiger partial charge on any atom is -0.364 e. The molecular weight excluding hydrogens is 224 g/mol. The number of carbonyl (C=O) groups is 1. The molecule has 2 aliphatic carbocycles. The van der Waals surface area contributed by atoms with Crippen LogP contribution in [-0.4, -0.2) is 12.1 Å². The van der Waals surface area contributed by atoms with E-state index in [9.17, 15) is 4.79 Å². The average Bonchev–Trinajstić information content (AvgIpc) is 3.01. The molecule has 3 heteroatoms. The van der Waals surface area contributed by atoms with Crippen LogP contribution in [0.1, 0.15) is 23.2 Å². The predicted octanol–water partition coefficient (Wildman–Crippen LogP) is 2.38. The first kappa shape index (κ1) is 10.2. The van der Waals surface area contributed by atoms with Gasteiger partial charge in [0.1, 0.15) is 6.17 Å². The molecule has 1 amide bonds. The van der Waals surface area contributed by atoms with Crippen LogP contribution < -0.4 is 10.6 Å². The van der Waals surface area contributed by atoms with Crippen LogP contribution in [0.5, 0.6) is 0 Å². The van der Waals surface area contributed by atoms with Crippen LogP contribution in [0.4, 0.5) is 5.69 Å². The first-order chi connectivity index (χ1) is 8.81. The summed E-state index contributed by atoms with van der Waals surface area (Å²) in [6.45, 7) is 0. The van der Waals surface area contributed by atoms with E-state index >= 15 is 0 Å². The molecule has 1 heterocycles. The van der Waals surface area contributed by atoms with Gasteiger partial charge in [-0.25, -0.2) is 0 Å². The summed E-state index contributed by atoms with van der Waals surface area (Å²) < 4.78 is 0. The van der Waals surface area contributed by atoms with E-state index in [1.807, 2.05) is 24.3 Å². The highest BCUT2D eigenvalue weighted by molar-refractivity contribution is 6.01. The Balaban J connectivity index is 1.63. The number of para-hydroxylation sites is 1. The van der Waals surface area contributed by atoms with Gasteiger partial charge in [0, 0.05) is 11.6 Å². The van der Waals surface area contributed by atoms with E-state index in [-0.39, 0.29) is 12.1 Å². The van der Waals surface area contributed by atoms with Gasteiger partial charge in [0.25, 0.3) is 5.91 Å². The molecular formula is C15H16N2O. The fourth-order valence-corrected chi connectivity index (χ4v) is 3.65. The van der Waals surface area contributed by atoms with Crippen molar-refractivity contribution in [1.29, 1.82) is 0 Å². The lowest BCUT2D eigenvalue weighted by atomic mass is 9.89. The summed E-state index contributed by atoms with van der Waals surface area (Å²) in [5.41, 5.74) is 1.73. The van der Waals surface area contributed by atoms with Crippen molar-refractivity contribution in [3.8, 4) is 0 Å². The quantitative estimate of drug-likeness (QED) is 0.740. The minimum atomic E-state index is 0.0566. The molecule has 2 bridgehead atoms. The Morgan fingerprint density at radius 2 is 1.94 bits per heavy atom. The fraction of sp³-hybridized carbons (Fsp3) is 0.400. The zero-order valence-corrected chi connectivity index (χ0v) is 10.1. The number of rotatable bonds is 1. The standard InChI is InChI=1S/C15H16N2O/c18-15-11-3-1-2-4-13(11)16-14(17-15)12-8-9-5-6-10(12)7-9/h1-6,9-10,12,14,16H,7-8H2,(H,17,18)/t9-,10-,12-,14+/m0/s1. The molecule has 1 aliphatic heterocycles. The number of amides is 1. The van der Waals surface area contributed by atoms with E-state index in [0.29, 0.717) is 11.8 Å². The summed E-state index contributed by atoms with van der Waals surface area (Å²) in [6.07, 6.45) is 7.21. The Labute approximate surface area is 106 Å². The van der Waals surface area contributed by atoms with Crippen LogP contribution in [0.2, 0.25) is 0 Å². The zero-order chi connectivity index (χ0) is 12.1. The first-order valence-corrected chi connectivity index (χ1v) is 6.66. The second kappa shape index (κ2) is 3.61. The summed E-state index contributed by atoms with van der Waals surface area (Å²) in [6, 6.07) is 7.74. The van der Waals surface area contributed by atoms with E-state index in [1.54, 1.807) is 0 Å². The topological polar surface area (TPSA) is 41.1 Å². The number of fused-ring (bicyclic) bond motifs is 3. The second-order valence-electron chi connectivity index (χ2n) is 5.59. The predicted molar refractivity (Wildman–Crippen MR) is 70.2 cm³/mol. The van der Waals surface area contributed by atoms with Gasteiger partial charge in [0.15, 0.2) is 0 Å². The average molecular weight is 240 g/mol. The van der Waals surface area contributed by atoms with Crippen LogP contribution in [-0.2, 0) is 0 Å². The molecule has 1 aromatic rings. The number of benzene rings is 1. The lowest BCUT2D eigenvalue weighted by molar-refractivity contribution is 0.0917. The molecule has 0 radical (unpaired) electrons. The zero-order valence-electron chi connectivity index (χ0n) is 10.1. The molecule has 0 saturated heterocycles. The normalized spacial score (nSPS) is 36.1. The van der Waals surface area contributed by atoms with Crippen LogP contribution in [0.15, 0.2) is 36.4 Å². The molecule has 3 nitrogen and oxygen atoms in total. The number of hydrogen-bond acceptors (Lipinski definition) is 2. The minimum absolute atomic E-state index is 0.0566. The van der Waals surface area contributed by atoms with E-state index in [4.69, 9.17) is 0 Å². The van der Waals surface area contributed by atoms with Crippen LogP contribution in [0, 0.1) is 17.8 Å². The van der Waals surface area contributed by atoms with Gasteiger partial charge in [-0.1, -0.05) is 24.3 Å². The van der Waals surface area contributed by atoms with Crippen LogP contribution in [0.25, 0.3) is 0 Å². The van der Waals surface area contributed by atoms with Crippen molar-refractivity contribution < 1.29 is 4.79 Å². The molecule has 0 unspecified atom stereocenters. The highest BCUT2D eigenvalue weighted by Gasteiger charge is 2.42. The van der Waals surface area contributed by atoms with Crippen molar-refractivity contribution in [3.05, 3.63) is 42.0 Å². The monoisotopic (exact) mass is 240 g/mol. The molecule has 4 rings (SSSR count). The molecule has 3 aliphatic rings. The summed E-state index contributed by atoms with van der Waals surface area (Å²) >= 11 is 0. The van der Waals surface area contributed by atoms with Gasteiger partial charge in [0.05, 0.1) is 5.56 Å². The smallest absolute Gasteiger partial charge is 0.254 e. The van der Waals surface area contributed by atoms with Gasteiger partial charge in [0.2, 0.25) is 0 Å². The maximum Gasteiger partial charge on any atom is 0.254 e. The van der Waals surface area contributed by atoms with Gasteiger partial charge in [-0.2, -0.15) is 0 Å². The van der Waals surface area contributed by atoms with Crippen LogP contribution in [0.3, 0.4) is 0 Å². The lowest BCUT2D eigenvalue weighted by Gasteiger charge is -2.34. The van der Waals surface area contributed by atoms with Crippen molar-refractivity contribution in [1.82, 2.24) is 5.32 Å². The maximum atomic E-state index is 12.1. The van der Waals surface area contributed by atoms with Crippen molar-refractivity contribution in [2.45, 2.75) is 19.0 Å². The van der Waals surface area contributed by atoms with E-state index < -0.39 is 0 Å². The van der Waals surface area contributed by atoms with Gasteiger partial charge in [-0.3, -0.25) is 4.79 Å². The molecule has 0 spiro atoms. The fourth-order valence-electron chi connectivity index (χ4n) is 3.65. The van der Waals surface area contributed by atoms with Gasteiger partial charge in [-0.05, 0) is 36.8 Å². The molecule has 1 saturated carbocycles. The van der Waals surface area contributed by atoms with E-state index in [2.05, 4.69) is 22.8 Å². The summed E-state index contributed by atoms with van der Waals surface area (Å²) in [5.74, 6) is 1.97. The van der Waals surface area contributed by atoms with Gasteiger partial charge >= 0.3 is 0 Å². The SMILES string of the molecule is O=C1N[C@H]([C@H]2C[C@H]3C=C[C@H]2C3)Nc2ccccc21. The number of nitrogens with one attached hydrogen (secondary N) is 2. The molecule has 4 atom stereocenters. The summed E-state index contributed by atoms with van der Waals surface area (Å²) in [5, 5.41) is 6.60. The van der Waals surface area contributed by atoms with Crippen molar-refractivity contribution in [2.24, 2.45) is 17.8 Å². The number of allylic oxidation sites excluding steroid dienone is 2. The number of carbonyl (C=O) groups excluding carboxylic acids is 1. The Morgan fingerprint density at radius 1 is 1.06 bits per heavy atom. The third-order valence-electron chi connectivity index (χ3n) is 4.53. The van der Waals surface area contributed by atoms with E-state index in [0.717, 1.165) is 17.2 Å². The highest BCUT2D eigenvalue weighted by atomic mass is 16.2. The van der Waals surface area contributed by atoms with Gasteiger partial charge < -0.3 is 10.6 Å². The summed E-state index contributed by atoms with van der Waals surface area (Å²) in [4.78, 5) is 12.1. The molecule has 2 N–H and O–H groups in total. The Hall–Kier alpha value is -1.77. The maximum absolute atomic E-state index is 12.1. The number of hydrogen-bond donors (Lipinski definition) is 2. The lowest BCUT2D eigenvalue weighted by Crippen LogP contribution is -2.50. The third-order valence-corrected chi connectivity index (χ3v) is 4.53. The largest absolute Gasteiger partial charge is 0.364 e. The van der Waals surface area contributed by atoms with Crippen molar-refractivity contribution in [2.75, 3.05) is 5.32 Å². The second-order valence-corrected chi connectivity index (χ2v) is 5.59. The van der Waals surface area contributed by atoms with Gasteiger partial charge in [-0.15, -0.1) is 0 Å². The summed E-state index contributed by atoms with van der Waals surface area (Å²) in [7, 11) is 0. The Kier molecular flexibility index (Phi) is 2.04. The van der Waals surface area contributed by atoms with Crippen LogP contribution >= 0.6 is 0 Å². The molecule has 0 aromatic heterocycles. The highest BCUT2D eigenvalue weighted by Crippen LogP contribution is 2.45. The third kappa shape index (κ3) is 1.40. The Morgan fingerprint density at radius 3 is 2.72 bits per heavy atom. The molecule has 18 heavy (non-hydrogen) atoms.